The minimum absolute atomic E-state index is 0.488. The first kappa shape index (κ1) is 11.6. The number of benzene rings is 1. The number of ether oxygens (including phenoxy) is 1. The van der Waals surface area contributed by atoms with Gasteiger partial charge in [-0.15, -0.1) is 0 Å². The lowest BCUT2D eigenvalue weighted by atomic mass is 10.00. The molecule has 1 atom stereocenters. The Kier molecular flexibility index (Phi) is 4.37. The highest BCUT2D eigenvalue weighted by molar-refractivity contribution is 5.20. The third-order valence-electron chi connectivity index (χ3n) is 3.02. The lowest BCUT2D eigenvalue weighted by molar-refractivity contribution is 0.131. The molecule has 0 bridgehead atoms. The number of hydrogen-bond donors (Lipinski definition) is 1. The molecule has 0 aliphatic heterocycles. The van der Waals surface area contributed by atoms with E-state index in [1.165, 1.54) is 18.4 Å². The molecule has 2 nitrogen and oxygen atoms in total. The summed E-state index contributed by atoms with van der Waals surface area (Å²) in [6.07, 6.45) is 2.69. The molecule has 1 aromatic rings. The quantitative estimate of drug-likeness (QED) is 0.761. The Morgan fingerprint density at radius 3 is 2.69 bits per heavy atom. The summed E-state index contributed by atoms with van der Waals surface area (Å²) in [5.41, 5.74) is 1.38. The molecule has 1 aliphatic rings. The maximum atomic E-state index is 5.56. The summed E-state index contributed by atoms with van der Waals surface area (Å²) in [6, 6.07) is 11.4. The number of nitrogens with one attached hydrogen (secondary N) is 1. The molecule has 1 aromatic carbocycles. The third kappa shape index (κ3) is 3.62. The molecule has 1 unspecified atom stereocenters. The van der Waals surface area contributed by atoms with Crippen molar-refractivity contribution >= 4 is 0 Å². The van der Waals surface area contributed by atoms with Gasteiger partial charge in [-0.05, 0) is 25.3 Å². The Bertz CT molecular complexity index is 295. The average molecular weight is 219 g/mol. The fraction of sp³-hybridized carbons (Fsp3) is 0.571. The second-order valence-corrected chi connectivity index (χ2v) is 4.45. The molecule has 1 N–H and O–H groups in total. The van der Waals surface area contributed by atoms with Crippen LogP contribution in [0.5, 0.6) is 0 Å². The average Bonchev–Trinajstić information content (AvgIpc) is 3.14. The summed E-state index contributed by atoms with van der Waals surface area (Å²) in [4.78, 5) is 0. The molecule has 2 heteroatoms. The van der Waals surface area contributed by atoms with Gasteiger partial charge in [0.2, 0.25) is 0 Å². The predicted octanol–water partition coefficient (Wildman–Crippen LogP) is 2.56. The smallest absolute Gasteiger partial charge is 0.0546 e. The molecule has 0 saturated heterocycles. The first-order valence-corrected chi connectivity index (χ1v) is 6.26. The van der Waals surface area contributed by atoms with Gasteiger partial charge in [0.25, 0.3) is 0 Å². The molecule has 0 spiro atoms. The summed E-state index contributed by atoms with van der Waals surface area (Å²) < 4.78 is 5.56. The molecule has 16 heavy (non-hydrogen) atoms. The van der Waals surface area contributed by atoms with Gasteiger partial charge in [0.15, 0.2) is 0 Å². The summed E-state index contributed by atoms with van der Waals surface area (Å²) >= 11 is 0. The molecule has 88 valence electrons. The van der Waals surface area contributed by atoms with E-state index in [1.807, 2.05) is 0 Å². The first-order valence-electron chi connectivity index (χ1n) is 6.26. The third-order valence-corrected chi connectivity index (χ3v) is 3.02. The number of hydrogen-bond acceptors (Lipinski definition) is 2. The molecule has 1 aliphatic carbocycles. The molecule has 1 saturated carbocycles. The van der Waals surface area contributed by atoms with Gasteiger partial charge in [-0.3, -0.25) is 0 Å². The van der Waals surface area contributed by atoms with Crippen molar-refractivity contribution in [2.24, 2.45) is 0 Å². The summed E-state index contributed by atoms with van der Waals surface area (Å²) in [5.74, 6) is 0.488. The fourth-order valence-electron chi connectivity index (χ4n) is 1.85. The van der Waals surface area contributed by atoms with E-state index in [0.717, 1.165) is 25.8 Å². The van der Waals surface area contributed by atoms with Crippen molar-refractivity contribution in [2.75, 3.05) is 19.8 Å². The van der Waals surface area contributed by atoms with Crippen molar-refractivity contribution < 1.29 is 4.74 Å². The van der Waals surface area contributed by atoms with Gasteiger partial charge in [-0.25, -0.2) is 0 Å². The molecular formula is C14H21NO. The maximum absolute atomic E-state index is 5.56. The van der Waals surface area contributed by atoms with Crippen LogP contribution < -0.4 is 5.32 Å². The molecule has 0 aromatic heterocycles. The zero-order chi connectivity index (χ0) is 11.2. The van der Waals surface area contributed by atoms with Crippen LogP contribution in [-0.2, 0) is 4.74 Å². The minimum atomic E-state index is 0.488. The largest absolute Gasteiger partial charge is 0.381 e. The molecule has 0 heterocycles. The molecular weight excluding hydrogens is 198 g/mol. The summed E-state index contributed by atoms with van der Waals surface area (Å²) in [6.45, 7) is 4.71. The SMILES string of the molecule is CCOCC(CNC1CC1)c1ccccc1. The van der Waals surface area contributed by atoms with Crippen LogP contribution in [0, 0.1) is 0 Å². The van der Waals surface area contributed by atoms with E-state index >= 15 is 0 Å². The maximum Gasteiger partial charge on any atom is 0.0546 e. The van der Waals surface area contributed by atoms with Crippen LogP contribution in [-0.4, -0.2) is 25.8 Å². The topological polar surface area (TPSA) is 21.3 Å². The Balaban J connectivity index is 1.89. The van der Waals surface area contributed by atoms with E-state index in [1.54, 1.807) is 0 Å². The van der Waals surface area contributed by atoms with Gasteiger partial charge < -0.3 is 10.1 Å². The van der Waals surface area contributed by atoms with E-state index in [2.05, 4.69) is 42.6 Å². The molecule has 1 fully saturated rings. The number of rotatable bonds is 7. The van der Waals surface area contributed by atoms with Gasteiger partial charge in [0.05, 0.1) is 6.61 Å². The van der Waals surface area contributed by atoms with Crippen molar-refractivity contribution in [1.82, 2.24) is 5.32 Å². The lowest BCUT2D eigenvalue weighted by Gasteiger charge is -2.17. The highest BCUT2D eigenvalue weighted by Gasteiger charge is 2.22. The van der Waals surface area contributed by atoms with Gasteiger partial charge >= 0.3 is 0 Å². The van der Waals surface area contributed by atoms with Crippen molar-refractivity contribution in [3.63, 3.8) is 0 Å². The van der Waals surface area contributed by atoms with E-state index in [9.17, 15) is 0 Å². The van der Waals surface area contributed by atoms with Crippen LogP contribution in [0.2, 0.25) is 0 Å². The van der Waals surface area contributed by atoms with Crippen molar-refractivity contribution in [2.45, 2.75) is 31.7 Å². The Labute approximate surface area is 98.0 Å². The highest BCUT2D eigenvalue weighted by Crippen LogP contribution is 2.21. The predicted molar refractivity (Wildman–Crippen MR) is 66.7 cm³/mol. The molecule has 0 radical (unpaired) electrons. The lowest BCUT2D eigenvalue weighted by Crippen LogP contribution is -2.26. The normalized spacial score (nSPS) is 17.3. The van der Waals surface area contributed by atoms with E-state index in [0.29, 0.717) is 5.92 Å². The van der Waals surface area contributed by atoms with Gasteiger partial charge in [0, 0.05) is 25.1 Å². The van der Waals surface area contributed by atoms with Crippen LogP contribution in [0.1, 0.15) is 31.2 Å². The standard InChI is InChI=1S/C14H21NO/c1-2-16-11-13(10-15-14-8-9-14)12-6-4-3-5-7-12/h3-7,13-15H,2,8-11H2,1H3. The van der Waals surface area contributed by atoms with E-state index in [4.69, 9.17) is 4.74 Å². The molecule has 0 amide bonds. The Morgan fingerprint density at radius 2 is 2.06 bits per heavy atom. The van der Waals surface area contributed by atoms with Crippen LogP contribution >= 0.6 is 0 Å². The second-order valence-electron chi connectivity index (χ2n) is 4.45. The van der Waals surface area contributed by atoms with Gasteiger partial charge in [-0.2, -0.15) is 0 Å². The minimum Gasteiger partial charge on any atom is -0.381 e. The zero-order valence-corrected chi connectivity index (χ0v) is 9.99. The Morgan fingerprint density at radius 1 is 1.31 bits per heavy atom. The fourth-order valence-corrected chi connectivity index (χ4v) is 1.85. The van der Waals surface area contributed by atoms with Crippen LogP contribution in [0.4, 0.5) is 0 Å². The Hall–Kier alpha value is -0.860. The van der Waals surface area contributed by atoms with Gasteiger partial charge in [0.1, 0.15) is 0 Å². The van der Waals surface area contributed by atoms with Crippen molar-refractivity contribution in [1.29, 1.82) is 0 Å². The zero-order valence-electron chi connectivity index (χ0n) is 9.99. The first-order chi connectivity index (χ1) is 7.90. The summed E-state index contributed by atoms with van der Waals surface area (Å²) in [7, 11) is 0. The van der Waals surface area contributed by atoms with Crippen LogP contribution in [0.15, 0.2) is 30.3 Å². The van der Waals surface area contributed by atoms with E-state index < -0.39 is 0 Å². The summed E-state index contributed by atoms with van der Waals surface area (Å²) in [5, 5.41) is 3.58. The monoisotopic (exact) mass is 219 g/mol. The van der Waals surface area contributed by atoms with E-state index in [-0.39, 0.29) is 0 Å². The van der Waals surface area contributed by atoms with Crippen molar-refractivity contribution in [3.05, 3.63) is 35.9 Å². The van der Waals surface area contributed by atoms with Crippen LogP contribution in [0.3, 0.4) is 0 Å². The highest BCUT2D eigenvalue weighted by atomic mass is 16.5. The van der Waals surface area contributed by atoms with Gasteiger partial charge in [-0.1, -0.05) is 30.3 Å². The van der Waals surface area contributed by atoms with Crippen LogP contribution in [0.25, 0.3) is 0 Å². The van der Waals surface area contributed by atoms with Crippen molar-refractivity contribution in [3.8, 4) is 0 Å². The second kappa shape index (κ2) is 6.02. The molecule has 2 rings (SSSR count).